The number of rotatable bonds is 1. The molecule has 0 aliphatic rings. The minimum absolute atomic E-state index is 0.0133. The van der Waals surface area contributed by atoms with Gasteiger partial charge in [0.2, 0.25) is 0 Å². The minimum atomic E-state index is -0.475. The van der Waals surface area contributed by atoms with Crippen LogP contribution in [-0.2, 0) is 0 Å². The monoisotopic (exact) mass is 170 g/mol. The topological polar surface area (TPSA) is 52.0 Å². The first-order valence-electron chi connectivity index (χ1n) is 2.96. The van der Waals surface area contributed by atoms with Crippen LogP contribution in [0.15, 0.2) is 18.2 Å². The molecule has 0 radical (unpaired) electrons. The molecular formula is C7H7FN2S. The van der Waals surface area contributed by atoms with Crippen molar-refractivity contribution in [1.29, 1.82) is 0 Å². The summed E-state index contributed by atoms with van der Waals surface area (Å²) in [6.45, 7) is 0. The number of nitrogen functional groups attached to an aromatic ring is 1. The summed E-state index contributed by atoms with van der Waals surface area (Å²) in [5.74, 6) is -0.475. The number of thiocarbonyl (C=S) groups is 1. The molecule has 1 aromatic rings. The molecule has 4 N–H and O–H groups in total. The number of anilines is 1. The summed E-state index contributed by atoms with van der Waals surface area (Å²) in [5, 5.41) is 0. The molecule has 0 saturated heterocycles. The van der Waals surface area contributed by atoms with Crippen molar-refractivity contribution >= 4 is 22.9 Å². The zero-order valence-corrected chi connectivity index (χ0v) is 6.49. The maximum absolute atomic E-state index is 12.9. The molecule has 0 aromatic heterocycles. The van der Waals surface area contributed by atoms with Crippen molar-refractivity contribution in [2.24, 2.45) is 5.73 Å². The third-order valence-corrected chi connectivity index (χ3v) is 1.50. The summed E-state index contributed by atoms with van der Waals surface area (Å²) >= 11 is 4.59. The molecule has 0 spiro atoms. The number of hydrogen-bond donors (Lipinski definition) is 2. The lowest BCUT2D eigenvalue weighted by Gasteiger charge is -2.02. The highest BCUT2D eigenvalue weighted by Crippen LogP contribution is 2.14. The van der Waals surface area contributed by atoms with Crippen LogP contribution in [0.1, 0.15) is 5.56 Å². The predicted molar refractivity (Wildman–Crippen MR) is 46.7 cm³/mol. The van der Waals surface area contributed by atoms with Gasteiger partial charge >= 0.3 is 0 Å². The third kappa shape index (κ3) is 1.46. The summed E-state index contributed by atoms with van der Waals surface area (Å²) in [5.41, 5.74) is 11.0. The van der Waals surface area contributed by atoms with Gasteiger partial charge in [-0.3, -0.25) is 0 Å². The van der Waals surface area contributed by atoms with E-state index < -0.39 is 5.82 Å². The van der Waals surface area contributed by atoms with Crippen molar-refractivity contribution in [2.45, 2.75) is 0 Å². The van der Waals surface area contributed by atoms with Crippen LogP contribution < -0.4 is 11.5 Å². The maximum Gasteiger partial charge on any atom is 0.135 e. The van der Waals surface area contributed by atoms with E-state index in [0.717, 1.165) is 0 Å². The Morgan fingerprint density at radius 2 is 2.09 bits per heavy atom. The molecule has 0 aliphatic heterocycles. The van der Waals surface area contributed by atoms with E-state index in [9.17, 15) is 4.39 Å². The molecule has 0 amide bonds. The van der Waals surface area contributed by atoms with Gasteiger partial charge in [0.05, 0.1) is 5.56 Å². The lowest BCUT2D eigenvalue weighted by Crippen LogP contribution is -2.14. The second-order valence-corrected chi connectivity index (χ2v) is 2.51. The fraction of sp³-hybridized carbons (Fsp3) is 0. The fourth-order valence-electron chi connectivity index (χ4n) is 0.801. The molecule has 0 saturated carbocycles. The van der Waals surface area contributed by atoms with Crippen molar-refractivity contribution in [2.75, 3.05) is 5.73 Å². The Morgan fingerprint density at radius 3 is 2.45 bits per heavy atom. The molecule has 0 aliphatic carbocycles. The van der Waals surface area contributed by atoms with Crippen LogP contribution in [0.25, 0.3) is 0 Å². The van der Waals surface area contributed by atoms with Gasteiger partial charge in [-0.05, 0) is 12.1 Å². The smallest absolute Gasteiger partial charge is 0.135 e. The van der Waals surface area contributed by atoms with Gasteiger partial charge in [0, 0.05) is 5.69 Å². The molecule has 0 atom stereocenters. The van der Waals surface area contributed by atoms with Crippen molar-refractivity contribution in [1.82, 2.24) is 0 Å². The van der Waals surface area contributed by atoms with Crippen LogP contribution in [0.4, 0.5) is 10.1 Å². The summed E-state index contributed by atoms with van der Waals surface area (Å²) in [6, 6.07) is 4.33. The lowest BCUT2D eigenvalue weighted by atomic mass is 10.2. The number of nitrogens with two attached hydrogens (primary N) is 2. The van der Waals surface area contributed by atoms with Crippen LogP contribution >= 0.6 is 12.2 Å². The summed E-state index contributed by atoms with van der Waals surface area (Å²) in [6.07, 6.45) is 0. The van der Waals surface area contributed by atoms with Gasteiger partial charge in [-0.25, -0.2) is 4.39 Å². The van der Waals surface area contributed by atoms with Crippen LogP contribution in [0.2, 0.25) is 0 Å². The van der Waals surface area contributed by atoms with Gasteiger partial charge in [-0.2, -0.15) is 0 Å². The largest absolute Gasteiger partial charge is 0.398 e. The first-order chi connectivity index (χ1) is 5.13. The Morgan fingerprint density at radius 1 is 1.45 bits per heavy atom. The van der Waals surface area contributed by atoms with E-state index in [1.165, 1.54) is 12.1 Å². The third-order valence-electron chi connectivity index (χ3n) is 1.29. The summed E-state index contributed by atoms with van der Waals surface area (Å²) in [7, 11) is 0. The zero-order valence-electron chi connectivity index (χ0n) is 5.67. The Bertz CT molecular complexity index is 278. The van der Waals surface area contributed by atoms with Crippen LogP contribution in [-0.4, -0.2) is 4.99 Å². The molecule has 0 heterocycles. The van der Waals surface area contributed by atoms with E-state index in [-0.39, 0.29) is 16.2 Å². The number of halogens is 1. The summed E-state index contributed by atoms with van der Waals surface area (Å²) in [4.78, 5) is -0.0133. The Hall–Kier alpha value is -1.16. The van der Waals surface area contributed by atoms with Gasteiger partial charge < -0.3 is 11.5 Å². The molecule has 1 rings (SSSR count). The molecule has 0 bridgehead atoms. The molecule has 2 nitrogen and oxygen atoms in total. The van der Waals surface area contributed by atoms with Crippen LogP contribution in [0.3, 0.4) is 0 Å². The zero-order chi connectivity index (χ0) is 8.43. The van der Waals surface area contributed by atoms with Crippen molar-refractivity contribution < 1.29 is 4.39 Å². The Kier molecular flexibility index (Phi) is 2.05. The minimum Gasteiger partial charge on any atom is -0.398 e. The predicted octanol–water partition coefficient (Wildman–Crippen LogP) is 1.04. The molecule has 11 heavy (non-hydrogen) atoms. The lowest BCUT2D eigenvalue weighted by molar-refractivity contribution is 0.626. The molecule has 0 unspecified atom stereocenters. The fourth-order valence-corrected chi connectivity index (χ4v) is 1.02. The van der Waals surface area contributed by atoms with Crippen LogP contribution in [0, 0.1) is 5.82 Å². The van der Waals surface area contributed by atoms with Crippen molar-refractivity contribution in [3.8, 4) is 0 Å². The highest BCUT2D eigenvalue weighted by Gasteiger charge is 2.07. The second-order valence-electron chi connectivity index (χ2n) is 2.07. The van der Waals surface area contributed by atoms with Gasteiger partial charge in [0.1, 0.15) is 10.8 Å². The van der Waals surface area contributed by atoms with E-state index in [0.29, 0.717) is 0 Å². The van der Waals surface area contributed by atoms with Gasteiger partial charge in [-0.15, -0.1) is 0 Å². The Balaban J connectivity index is 3.32. The van der Waals surface area contributed by atoms with Crippen molar-refractivity contribution in [3.05, 3.63) is 29.6 Å². The maximum atomic E-state index is 12.9. The van der Waals surface area contributed by atoms with Crippen molar-refractivity contribution in [3.63, 3.8) is 0 Å². The second kappa shape index (κ2) is 2.84. The van der Waals surface area contributed by atoms with Gasteiger partial charge in [0.25, 0.3) is 0 Å². The van der Waals surface area contributed by atoms with E-state index in [1.807, 2.05) is 0 Å². The highest BCUT2D eigenvalue weighted by atomic mass is 32.1. The molecule has 0 fully saturated rings. The van der Waals surface area contributed by atoms with Gasteiger partial charge in [-0.1, -0.05) is 18.3 Å². The normalized spacial score (nSPS) is 9.55. The van der Waals surface area contributed by atoms with Gasteiger partial charge in [0.15, 0.2) is 0 Å². The number of benzene rings is 1. The standard InChI is InChI=1S/C7H7FN2S/c8-4-2-1-3-5(9)6(4)7(10)11/h1-3H,9H2,(H2,10,11). The first kappa shape index (κ1) is 7.94. The molecular weight excluding hydrogens is 163 g/mol. The summed E-state index contributed by atoms with van der Waals surface area (Å²) < 4.78 is 12.9. The van der Waals surface area contributed by atoms with E-state index in [4.69, 9.17) is 11.5 Å². The quantitative estimate of drug-likeness (QED) is 0.489. The molecule has 58 valence electrons. The average Bonchev–Trinajstić information content (AvgIpc) is 1.85. The van der Waals surface area contributed by atoms with E-state index >= 15 is 0 Å². The SMILES string of the molecule is NC(=S)c1c(N)cccc1F. The molecule has 4 heteroatoms. The highest BCUT2D eigenvalue weighted by molar-refractivity contribution is 7.80. The number of hydrogen-bond acceptors (Lipinski definition) is 2. The average molecular weight is 170 g/mol. The van der Waals surface area contributed by atoms with E-state index in [2.05, 4.69) is 12.2 Å². The molecule has 1 aromatic carbocycles. The van der Waals surface area contributed by atoms with Crippen LogP contribution in [0.5, 0.6) is 0 Å². The Labute approximate surface area is 69.0 Å². The first-order valence-corrected chi connectivity index (χ1v) is 3.37. The van der Waals surface area contributed by atoms with E-state index in [1.54, 1.807) is 6.07 Å².